The number of hydrogen-bond acceptors (Lipinski definition) is 1. The first-order chi connectivity index (χ1) is 13.2. The first kappa shape index (κ1) is 15.4. The van der Waals surface area contributed by atoms with Gasteiger partial charge in [0, 0.05) is 17.4 Å². The number of ketones is 1. The molecule has 0 aliphatic heterocycles. The van der Waals surface area contributed by atoms with E-state index in [1.807, 2.05) is 6.07 Å². The fraction of sp³-hybridized carbons (Fsp3) is 0.269. The van der Waals surface area contributed by atoms with Crippen molar-refractivity contribution in [3.8, 4) is 11.1 Å². The Kier molecular flexibility index (Phi) is 3.09. The fourth-order valence-electron chi connectivity index (χ4n) is 5.87. The van der Waals surface area contributed by atoms with Crippen LogP contribution in [0.25, 0.3) is 21.9 Å². The summed E-state index contributed by atoms with van der Waals surface area (Å²) in [5.74, 6) is 1.04. The normalized spacial score (nSPS) is 25.9. The van der Waals surface area contributed by atoms with Crippen LogP contribution in [-0.4, -0.2) is 5.78 Å². The minimum absolute atomic E-state index is 0.222. The van der Waals surface area contributed by atoms with Gasteiger partial charge in [-0.2, -0.15) is 0 Å². The summed E-state index contributed by atoms with van der Waals surface area (Å²) in [5.41, 5.74) is 6.62. The van der Waals surface area contributed by atoms with E-state index in [4.69, 9.17) is 0 Å². The third-order valence-electron chi connectivity index (χ3n) is 7.24. The standard InChI is InChI=1S/C26H22O/c27-25-10-11-26(16-17-6-9-22(26)12-17)24-15-20-8-7-19(13-21(20)14-23(24)25)18-4-2-1-3-5-18/h1-8,13-15,22H,9-12,16H2. The van der Waals surface area contributed by atoms with Crippen molar-refractivity contribution in [3.05, 3.63) is 83.4 Å². The molecule has 0 radical (unpaired) electrons. The topological polar surface area (TPSA) is 17.1 Å². The van der Waals surface area contributed by atoms with Crippen molar-refractivity contribution >= 4 is 16.6 Å². The van der Waals surface area contributed by atoms with Gasteiger partial charge in [-0.1, -0.05) is 54.1 Å². The molecule has 1 heteroatoms. The highest BCUT2D eigenvalue weighted by Crippen LogP contribution is 2.59. The Labute approximate surface area is 159 Å². The molecule has 0 N–H and O–H groups in total. The van der Waals surface area contributed by atoms with Gasteiger partial charge in [-0.25, -0.2) is 0 Å². The Morgan fingerprint density at radius 2 is 1.78 bits per heavy atom. The molecule has 1 nitrogen and oxygen atoms in total. The average molecular weight is 350 g/mol. The molecular weight excluding hydrogens is 328 g/mol. The van der Waals surface area contributed by atoms with Gasteiger partial charge in [0.25, 0.3) is 0 Å². The summed E-state index contributed by atoms with van der Waals surface area (Å²) in [6, 6.07) is 21.7. The Hall–Kier alpha value is -2.67. The van der Waals surface area contributed by atoms with Crippen molar-refractivity contribution in [1.82, 2.24) is 0 Å². The van der Waals surface area contributed by atoms with Gasteiger partial charge in [0.1, 0.15) is 0 Å². The third-order valence-corrected chi connectivity index (χ3v) is 7.24. The van der Waals surface area contributed by atoms with Crippen molar-refractivity contribution in [2.45, 2.75) is 37.5 Å². The van der Waals surface area contributed by atoms with Gasteiger partial charge in [0.05, 0.1) is 0 Å². The minimum Gasteiger partial charge on any atom is -0.294 e. The van der Waals surface area contributed by atoms with E-state index < -0.39 is 0 Å². The number of hydrogen-bond donors (Lipinski definition) is 0. The van der Waals surface area contributed by atoms with Crippen molar-refractivity contribution in [3.63, 3.8) is 0 Å². The first-order valence-corrected chi connectivity index (χ1v) is 10.1. The second-order valence-electron chi connectivity index (χ2n) is 8.58. The van der Waals surface area contributed by atoms with Crippen molar-refractivity contribution in [1.29, 1.82) is 0 Å². The number of carbonyl (C=O) groups is 1. The number of carbonyl (C=O) groups excluding carboxylic acids is 1. The molecule has 0 amide bonds. The van der Waals surface area contributed by atoms with Gasteiger partial charge < -0.3 is 0 Å². The van der Waals surface area contributed by atoms with Gasteiger partial charge in [0.15, 0.2) is 5.78 Å². The highest BCUT2D eigenvalue weighted by molar-refractivity contribution is 6.03. The van der Waals surface area contributed by atoms with Crippen LogP contribution < -0.4 is 0 Å². The lowest BCUT2D eigenvalue weighted by molar-refractivity contribution is 0.0940. The number of benzene rings is 3. The number of allylic oxidation sites excluding steroid dienone is 2. The van der Waals surface area contributed by atoms with Crippen LogP contribution in [0.1, 0.15) is 48.0 Å². The predicted molar refractivity (Wildman–Crippen MR) is 110 cm³/mol. The van der Waals surface area contributed by atoms with E-state index in [1.165, 1.54) is 46.7 Å². The minimum atomic E-state index is 0.222. The summed E-state index contributed by atoms with van der Waals surface area (Å²) in [6.45, 7) is 0. The molecule has 2 bridgehead atoms. The molecule has 3 aliphatic carbocycles. The summed E-state index contributed by atoms with van der Waals surface area (Å²) in [6.07, 6.45) is 7.81. The van der Waals surface area contributed by atoms with Crippen LogP contribution in [0.5, 0.6) is 0 Å². The van der Waals surface area contributed by atoms with E-state index >= 15 is 0 Å². The lowest BCUT2D eigenvalue weighted by Gasteiger charge is -2.41. The van der Waals surface area contributed by atoms with Crippen LogP contribution in [0.4, 0.5) is 0 Å². The third kappa shape index (κ3) is 2.15. The molecule has 3 aromatic carbocycles. The van der Waals surface area contributed by atoms with Crippen LogP contribution in [-0.2, 0) is 5.41 Å². The molecule has 6 rings (SSSR count). The second-order valence-corrected chi connectivity index (χ2v) is 8.58. The van der Waals surface area contributed by atoms with E-state index in [0.717, 1.165) is 12.0 Å². The second kappa shape index (κ2) is 5.42. The summed E-state index contributed by atoms with van der Waals surface area (Å²) < 4.78 is 0. The first-order valence-electron chi connectivity index (χ1n) is 10.1. The van der Waals surface area contributed by atoms with Gasteiger partial charge in [-0.3, -0.25) is 4.79 Å². The zero-order chi connectivity index (χ0) is 18.0. The van der Waals surface area contributed by atoms with E-state index in [1.54, 1.807) is 5.57 Å². The molecular formula is C26H22O. The molecule has 0 aromatic heterocycles. The van der Waals surface area contributed by atoms with Gasteiger partial charge in [0.2, 0.25) is 0 Å². The van der Waals surface area contributed by atoms with Gasteiger partial charge >= 0.3 is 0 Å². The number of Topliss-reactive ketones (excluding diaryl/α,β-unsaturated/α-hetero) is 1. The predicted octanol–water partition coefficient (Wildman–Crippen LogP) is 6.46. The summed E-state index contributed by atoms with van der Waals surface area (Å²) in [5, 5.41) is 2.45. The average Bonchev–Trinajstić information content (AvgIpc) is 3.32. The van der Waals surface area contributed by atoms with E-state index in [0.29, 0.717) is 18.1 Å². The van der Waals surface area contributed by atoms with Crippen molar-refractivity contribution in [2.75, 3.05) is 0 Å². The zero-order valence-corrected chi connectivity index (χ0v) is 15.4. The van der Waals surface area contributed by atoms with Crippen LogP contribution in [0, 0.1) is 5.92 Å². The quantitative estimate of drug-likeness (QED) is 0.460. The number of rotatable bonds is 1. The van der Waals surface area contributed by atoms with Crippen molar-refractivity contribution < 1.29 is 4.79 Å². The summed E-state index contributed by atoms with van der Waals surface area (Å²) >= 11 is 0. The molecule has 27 heavy (non-hydrogen) atoms. The lowest BCUT2D eigenvalue weighted by Crippen LogP contribution is -2.37. The lowest BCUT2D eigenvalue weighted by atomic mass is 9.62. The van der Waals surface area contributed by atoms with Gasteiger partial charge in [-0.05, 0) is 77.3 Å². The summed E-state index contributed by atoms with van der Waals surface area (Å²) in [4.78, 5) is 12.8. The molecule has 1 saturated carbocycles. The molecule has 132 valence electrons. The maximum atomic E-state index is 12.8. The van der Waals surface area contributed by atoms with Crippen LogP contribution in [0.2, 0.25) is 0 Å². The Balaban J connectivity index is 1.54. The molecule has 1 spiro atoms. The molecule has 2 unspecified atom stereocenters. The smallest absolute Gasteiger partial charge is 0.163 e. The largest absolute Gasteiger partial charge is 0.294 e. The molecule has 2 atom stereocenters. The molecule has 0 heterocycles. The molecule has 0 saturated heterocycles. The molecule has 3 aromatic rings. The maximum Gasteiger partial charge on any atom is 0.163 e. The Morgan fingerprint density at radius 1 is 0.889 bits per heavy atom. The van der Waals surface area contributed by atoms with Crippen molar-refractivity contribution in [2.24, 2.45) is 5.92 Å². The zero-order valence-electron chi connectivity index (χ0n) is 15.4. The van der Waals surface area contributed by atoms with Crippen LogP contribution >= 0.6 is 0 Å². The summed E-state index contributed by atoms with van der Waals surface area (Å²) in [7, 11) is 0. The van der Waals surface area contributed by atoms with E-state index in [9.17, 15) is 4.79 Å². The van der Waals surface area contributed by atoms with E-state index in [-0.39, 0.29) is 5.41 Å². The monoisotopic (exact) mass is 350 g/mol. The van der Waals surface area contributed by atoms with Crippen LogP contribution in [0.15, 0.2) is 72.3 Å². The molecule has 1 fully saturated rings. The Bertz CT molecular complexity index is 1120. The van der Waals surface area contributed by atoms with Gasteiger partial charge in [-0.15, -0.1) is 0 Å². The van der Waals surface area contributed by atoms with Crippen LogP contribution in [0.3, 0.4) is 0 Å². The fourth-order valence-corrected chi connectivity index (χ4v) is 5.87. The maximum absolute atomic E-state index is 12.8. The Morgan fingerprint density at radius 3 is 2.56 bits per heavy atom. The highest BCUT2D eigenvalue weighted by Gasteiger charge is 2.51. The van der Waals surface area contributed by atoms with E-state index in [2.05, 4.69) is 60.7 Å². The number of fused-ring (bicyclic) bond motifs is 6. The molecule has 3 aliphatic rings. The highest BCUT2D eigenvalue weighted by atomic mass is 16.1. The SMILES string of the molecule is O=C1CCC2(CC3=CCC2C3)c2cc3ccc(-c4ccccc4)cc3cc21.